The summed E-state index contributed by atoms with van der Waals surface area (Å²) < 4.78 is 16.0. The molecule has 2 aromatic carbocycles. The number of para-hydroxylation sites is 2. The molecule has 156 valence electrons. The van der Waals surface area contributed by atoms with E-state index in [9.17, 15) is 9.18 Å². The van der Waals surface area contributed by atoms with Gasteiger partial charge in [0.15, 0.2) is 0 Å². The molecule has 5 rings (SSSR count). The average molecular weight is 406 g/mol. The smallest absolute Gasteiger partial charge is 0.227 e. The fourth-order valence-corrected chi connectivity index (χ4v) is 5.20. The van der Waals surface area contributed by atoms with Gasteiger partial charge >= 0.3 is 0 Å². The zero-order chi connectivity index (χ0) is 20.5. The summed E-state index contributed by atoms with van der Waals surface area (Å²) in [6, 6.07) is 14.6. The Hall–Kier alpha value is -2.69. The van der Waals surface area contributed by atoms with Gasteiger partial charge in [-0.1, -0.05) is 50.3 Å². The minimum Gasteiger partial charge on any atom is -0.328 e. The average Bonchev–Trinajstić information content (AvgIpc) is 3.33. The number of anilines is 1. The molecule has 30 heavy (non-hydrogen) atoms. The summed E-state index contributed by atoms with van der Waals surface area (Å²) in [5.74, 6) is 1.54. The van der Waals surface area contributed by atoms with Gasteiger partial charge < -0.3 is 9.47 Å². The summed E-state index contributed by atoms with van der Waals surface area (Å²) in [6.45, 7) is 1.50. The van der Waals surface area contributed by atoms with Crippen molar-refractivity contribution in [3.05, 3.63) is 60.2 Å². The number of nitrogens with zero attached hydrogens (tertiary/aromatic N) is 3. The van der Waals surface area contributed by atoms with Crippen molar-refractivity contribution in [1.29, 1.82) is 0 Å². The molecule has 5 heteroatoms. The molecule has 2 fully saturated rings. The molecule has 1 aliphatic heterocycles. The van der Waals surface area contributed by atoms with Gasteiger partial charge in [-0.2, -0.15) is 0 Å². The Kier molecular flexibility index (Phi) is 5.28. The van der Waals surface area contributed by atoms with Crippen molar-refractivity contribution in [1.82, 2.24) is 9.55 Å². The maximum absolute atomic E-state index is 13.7. The molecular weight excluding hydrogens is 377 g/mol. The number of carbonyl (C=O) groups excluding carboxylic acids is 1. The van der Waals surface area contributed by atoms with E-state index in [-0.39, 0.29) is 17.6 Å². The summed E-state index contributed by atoms with van der Waals surface area (Å²) in [4.78, 5) is 19.4. The first-order valence-electron chi connectivity index (χ1n) is 11.2. The van der Waals surface area contributed by atoms with Crippen molar-refractivity contribution in [3.63, 3.8) is 0 Å². The third-order valence-corrected chi connectivity index (χ3v) is 6.78. The summed E-state index contributed by atoms with van der Waals surface area (Å²) in [5, 5.41) is 0. The van der Waals surface area contributed by atoms with E-state index in [2.05, 4.69) is 22.8 Å². The third kappa shape index (κ3) is 3.73. The summed E-state index contributed by atoms with van der Waals surface area (Å²) in [7, 11) is 0. The van der Waals surface area contributed by atoms with Crippen LogP contribution in [-0.2, 0) is 11.3 Å². The number of imidazole rings is 1. The Labute approximate surface area is 176 Å². The van der Waals surface area contributed by atoms with Crippen LogP contribution in [0.4, 0.5) is 10.1 Å². The molecular formula is C25H28FN3O. The van der Waals surface area contributed by atoms with Crippen molar-refractivity contribution < 1.29 is 9.18 Å². The van der Waals surface area contributed by atoms with E-state index in [1.165, 1.54) is 50.7 Å². The van der Waals surface area contributed by atoms with Gasteiger partial charge in [0, 0.05) is 31.1 Å². The van der Waals surface area contributed by atoms with Gasteiger partial charge in [-0.15, -0.1) is 0 Å². The summed E-state index contributed by atoms with van der Waals surface area (Å²) in [6.07, 6.45) is 8.32. The zero-order valence-corrected chi connectivity index (χ0v) is 17.3. The highest BCUT2D eigenvalue weighted by Crippen LogP contribution is 2.34. The predicted molar refractivity (Wildman–Crippen MR) is 117 cm³/mol. The molecule has 0 N–H and O–H groups in total. The minimum absolute atomic E-state index is 0.0273. The fraction of sp³-hybridized carbons (Fsp3) is 0.440. The molecule has 2 heterocycles. The Balaban J connectivity index is 1.42. The normalized spacial score (nSPS) is 20.4. The van der Waals surface area contributed by atoms with E-state index in [0.717, 1.165) is 29.3 Å². The lowest BCUT2D eigenvalue weighted by Crippen LogP contribution is -2.24. The number of aromatic nitrogens is 2. The molecule has 0 bridgehead atoms. The molecule has 1 saturated heterocycles. The molecule has 1 aliphatic carbocycles. The monoisotopic (exact) mass is 405 g/mol. The van der Waals surface area contributed by atoms with Crippen molar-refractivity contribution in [2.75, 3.05) is 11.4 Å². The Morgan fingerprint density at radius 3 is 2.70 bits per heavy atom. The Morgan fingerprint density at radius 1 is 1.03 bits per heavy atom. The van der Waals surface area contributed by atoms with Crippen molar-refractivity contribution in [2.45, 2.75) is 57.4 Å². The second-order valence-electron chi connectivity index (χ2n) is 8.79. The largest absolute Gasteiger partial charge is 0.328 e. The van der Waals surface area contributed by atoms with Gasteiger partial charge in [0.1, 0.15) is 11.6 Å². The van der Waals surface area contributed by atoms with Crippen LogP contribution in [0.1, 0.15) is 56.7 Å². The number of fused-ring (bicyclic) bond motifs is 1. The van der Waals surface area contributed by atoms with E-state index in [1.807, 2.05) is 6.07 Å². The standard InChI is InChI=1S/C25H28FN3O/c26-20-9-6-10-21(16-20)29-17-19(15-24(29)30)25-27-22-11-4-5-12-23(22)28(25)14-13-18-7-2-1-3-8-18/h4-6,9-12,16,18-19H,1-3,7-8,13-15,17H2. The van der Waals surface area contributed by atoms with Gasteiger partial charge in [0.25, 0.3) is 0 Å². The van der Waals surface area contributed by atoms with Gasteiger partial charge in [-0.25, -0.2) is 9.37 Å². The molecule has 1 aromatic heterocycles. The topological polar surface area (TPSA) is 38.1 Å². The number of amides is 1. The number of aryl methyl sites for hydroxylation is 1. The number of carbonyl (C=O) groups is 1. The summed E-state index contributed by atoms with van der Waals surface area (Å²) in [5.41, 5.74) is 2.78. The SMILES string of the molecule is O=C1CC(c2nc3ccccc3n2CCC2CCCCC2)CN1c1cccc(F)c1. The molecule has 0 radical (unpaired) electrons. The number of halogens is 1. The summed E-state index contributed by atoms with van der Waals surface area (Å²) >= 11 is 0. The van der Waals surface area contributed by atoms with Crippen LogP contribution in [0.2, 0.25) is 0 Å². The van der Waals surface area contributed by atoms with Crippen LogP contribution in [0.15, 0.2) is 48.5 Å². The van der Waals surface area contributed by atoms with Crippen molar-refractivity contribution >= 4 is 22.6 Å². The van der Waals surface area contributed by atoms with Crippen LogP contribution in [-0.4, -0.2) is 22.0 Å². The molecule has 4 nitrogen and oxygen atoms in total. The first-order valence-corrected chi connectivity index (χ1v) is 11.2. The number of hydrogen-bond donors (Lipinski definition) is 0. The van der Waals surface area contributed by atoms with E-state index in [1.54, 1.807) is 17.0 Å². The Bertz CT molecular complexity index is 1050. The van der Waals surface area contributed by atoms with Crippen molar-refractivity contribution in [3.8, 4) is 0 Å². The number of hydrogen-bond acceptors (Lipinski definition) is 2. The van der Waals surface area contributed by atoms with Gasteiger partial charge in [0.2, 0.25) is 5.91 Å². The zero-order valence-electron chi connectivity index (χ0n) is 17.3. The van der Waals surface area contributed by atoms with Crippen LogP contribution in [0.5, 0.6) is 0 Å². The van der Waals surface area contributed by atoms with Crippen LogP contribution >= 0.6 is 0 Å². The van der Waals surface area contributed by atoms with Crippen molar-refractivity contribution in [2.24, 2.45) is 5.92 Å². The molecule has 1 unspecified atom stereocenters. The van der Waals surface area contributed by atoms with Gasteiger partial charge in [0.05, 0.1) is 11.0 Å². The first kappa shape index (κ1) is 19.3. The second-order valence-corrected chi connectivity index (χ2v) is 8.79. The lowest BCUT2D eigenvalue weighted by molar-refractivity contribution is -0.117. The quantitative estimate of drug-likeness (QED) is 0.549. The Morgan fingerprint density at radius 2 is 1.87 bits per heavy atom. The van der Waals surface area contributed by atoms with Crippen LogP contribution in [0.25, 0.3) is 11.0 Å². The highest BCUT2D eigenvalue weighted by molar-refractivity contribution is 5.96. The van der Waals surface area contributed by atoms with Crippen LogP contribution in [0.3, 0.4) is 0 Å². The highest BCUT2D eigenvalue weighted by atomic mass is 19.1. The highest BCUT2D eigenvalue weighted by Gasteiger charge is 2.35. The molecule has 2 aliphatic rings. The lowest BCUT2D eigenvalue weighted by Gasteiger charge is -2.23. The maximum Gasteiger partial charge on any atom is 0.227 e. The molecule has 1 saturated carbocycles. The molecule has 1 amide bonds. The van der Waals surface area contributed by atoms with Crippen LogP contribution < -0.4 is 4.90 Å². The van der Waals surface area contributed by atoms with E-state index in [4.69, 9.17) is 4.98 Å². The van der Waals surface area contributed by atoms with Crippen LogP contribution in [0, 0.1) is 11.7 Å². The third-order valence-electron chi connectivity index (χ3n) is 6.78. The number of benzene rings is 2. The molecule has 0 spiro atoms. The number of rotatable bonds is 5. The first-order chi connectivity index (χ1) is 14.7. The second kappa shape index (κ2) is 8.21. The predicted octanol–water partition coefficient (Wildman–Crippen LogP) is 5.67. The fourth-order valence-electron chi connectivity index (χ4n) is 5.20. The van der Waals surface area contributed by atoms with Gasteiger partial charge in [-0.3, -0.25) is 4.79 Å². The van der Waals surface area contributed by atoms with Gasteiger partial charge in [-0.05, 0) is 42.7 Å². The lowest BCUT2D eigenvalue weighted by atomic mass is 9.87. The molecule has 3 aromatic rings. The van der Waals surface area contributed by atoms with E-state index < -0.39 is 0 Å². The maximum atomic E-state index is 13.7. The molecule has 1 atom stereocenters. The van der Waals surface area contributed by atoms with E-state index >= 15 is 0 Å². The minimum atomic E-state index is -0.316. The van der Waals surface area contributed by atoms with E-state index in [0.29, 0.717) is 18.7 Å².